The van der Waals surface area contributed by atoms with Crippen LogP contribution in [-0.4, -0.2) is 59.8 Å². The topological polar surface area (TPSA) is 138 Å². The Morgan fingerprint density at radius 3 is 2.32 bits per heavy atom. The van der Waals surface area contributed by atoms with Crippen LogP contribution in [0.1, 0.15) is 20.7 Å². The smallest absolute Gasteiger partial charge is 0.298 e. The van der Waals surface area contributed by atoms with Gasteiger partial charge in [-0.25, -0.2) is 8.78 Å². The first-order chi connectivity index (χ1) is 14.7. The number of methoxy groups -OCH3 is 1. The van der Waals surface area contributed by atoms with Gasteiger partial charge in [0.25, 0.3) is 11.8 Å². The average molecular weight is 431 g/mol. The van der Waals surface area contributed by atoms with E-state index < -0.39 is 42.8 Å². The van der Waals surface area contributed by atoms with Crippen LogP contribution in [0.3, 0.4) is 0 Å². The highest BCUT2D eigenvalue weighted by Gasteiger charge is 2.57. The Bertz CT molecular complexity index is 977. The molecule has 9 nitrogen and oxygen atoms in total. The Morgan fingerprint density at radius 1 is 1.23 bits per heavy atom. The summed E-state index contributed by atoms with van der Waals surface area (Å²) in [5, 5.41) is 10.9. The zero-order valence-corrected chi connectivity index (χ0v) is 16.4. The number of carbonyl (C=O) groups excluding carboxylic acids is 3. The summed E-state index contributed by atoms with van der Waals surface area (Å²) in [6.07, 6.45) is 2.83. The van der Waals surface area contributed by atoms with Crippen LogP contribution in [0.4, 0.5) is 8.78 Å². The van der Waals surface area contributed by atoms with Crippen LogP contribution in [0.25, 0.3) is 0 Å². The van der Waals surface area contributed by atoms with E-state index in [2.05, 4.69) is 10.3 Å². The number of carbonyl (C=O) groups is 3. The Labute approximate surface area is 176 Å². The molecule has 0 saturated carbocycles. The van der Waals surface area contributed by atoms with Crippen molar-refractivity contribution in [2.24, 2.45) is 5.73 Å². The Morgan fingerprint density at radius 2 is 1.84 bits per heavy atom. The summed E-state index contributed by atoms with van der Waals surface area (Å²) in [4.78, 5) is 38.3. The van der Waals surface area contributed by atoms with Crippen molar-refractivity contribution in [3.05, 3.63) is 59.9 Å². The van der Waals surface area contributed by atoms with Crippen molar-refractivity contribution in [2.45, 2.75) is 12.0 Å². The van der Waals surface area contributed by atoms with Gasteiger partial charge in [-0.1, -0.05) is 0 Å². The molecule has 31 heavy (non-hydrogen) atoms. The van der Waals surface area contributed by atoms with Gasteiger partial charge in [0, 0.05) is 23.5 Å². The van der Waals surface area contributed by atoms with E-state index in [1.54, 1.807) is 31.4 Å². The van der Waals surface area contributed by atoms with Gasteiger partial charge in [-0.3, -0.25) is 19.4 Å². The number of alkyl halides is 2. The summed E-state index contributed by atoms with van der Waals surface area (Å²) in [5.74, 6) is -4.12. The van der Waals surface area contributed by atoms with Crippen LogP contribution < -0.4 is 15.8 Å². The molecular formula is C20H19F2N5O4. The van der Waals surface area contributed by atoms with Crippen LogP contribution in [0.5, 0.6) is 5.75 Å². The fraction of sp³-hybridized carbons (Fsp3) is 0.250. The first kappa shape index (κ1) is 23.2. The van der Waals surface area contributed by atoms with Crippen molar-refractivity contribution in [1.82, 2.24) is 15.2 Å². The Balaban J connectivity index is 0.000000262. The standard InChI is InChI=1S/C12H10F2N4O2.C8H9NO2/c13-12(14)7-18(9(12)5-15)10(19)6-17-11(20)8-1-3-16-4-2-8;1-11-7-4-2-6(3-5-7)8(9)10/h1-4,9H,6-7H2,(H,17,20);2-5H,1H3,(H2,9,10). The predicted octanol–water partition coefficient (Wildman–Crippen LogP) is 0.975. The quantitative estimate of drug-likeness (QED) is 0.724. The van der Waals surface area contributed by atoms with E-state index in [0.717, 1.165) is 10.6 Å². The second-order valence-electron chi connectivity index (χ2n) is 6.33. The lowest BCUT2D eigenvalue weighted by Gasteiger charge is -2.43. The zero-order chi connectivity index (χ0) is 23.0. The molecule has 3 rings (SSSR count). The molecule has 2 aromatic rings. The van der Waals surface area contributed by atoms with Gasteiger partial charge >= 0.3 is 0 Å². The van der Waals surface area contributed by atoms with Crippen LogP contribution >= 0.6 is 0 Å². The van der Waals surface area contributed by atoms with E-state index in [9.17, 15) is 23.2 Å². The highest BCUT2D eigenvalue weighted by Crippen LogP contribution is 2.34. The minimum absolute atomic E-state index is 0.304. The lowest BCUT2D eigenvalue weighted by molar-refractivity contribution is -0.180. The Hall–Kier alpha value is -4.07. The third-order valence-electron chi connectivity index (χ3n) is 4.25. The van der Waals surface area contributed by atoms with Crippen molar-refractivity contribution in [2.75, 3.05) is 20.2 Å². The summed E-state index contributed by atoms with van der Waals surface area (Å²) in [7, 11) is 1.57. The molecule has 162 valence electrons. The molecule has 3 amide bonds. The van der Waals surface area contributed by atoms with E-state index in [1.165, 1.54) is 30.6 Å². The van der Waals surface area contributed by atoms with E-state index in [-0.39, 0.29) is 0 Å². The maximum atomic E-state index is 13.0. The monoisotopic (exact) mass is 431 g/mol. The van der Waals surface area contributed by atoms with Crippen molar-refractivity contribution in [1.29, 1.82) is 5.26 Å². The number of ether oxygens (including phenoxy) is 1. The predicted molar refractivity (Wildman–Crippen MR) is 104 cm³/mol. The Kier molecular flexibility index (Phi) is 7.57. The number of aromatic nitrogens is 1. The molecule has 1 aliphatic rings. The fourth-order valence-corrected chi connectivity index (χ4v) is 2.53. The van der Waals surface area contributed by atoms with E-state index in [1.807, 2.05) is 0 Å². The molecule has 2 heterocycles. The number of primary amides is 1. The number of pyridine rings is 1. The van der Waals surface area contributed by atoms with E-state index in [4.69, 9.17) is 15.7 Å². The number of nitrogens with zero attached hydrogens (tertiary/aromatic N) is 3. The second-order valence-corrected chi connectivity index (χ2v) is 6.33. The molecule has 1 saturated heterocycles. The molecule has 0 radical (unpaired) electrons. The van der Waals surface area contributed by atoms with Crippen LogP contribution in [0, 0.1) is 11.3 Å². The lowest BCUT2D eigenvalue weighted by atomic mass is 9.99. The number of benzene rings is 1. The van der Waals surface area contributed by atoms with Crippen LogP contribution in [0.2, 0.25) is 0 Å². The molecular weight excluding hydrogens is 412 g/mol. The minimum Gasteiger partial charge on any atom is -0.497 e. The molecule has 11 heteroatoms. The summed E-state index contributed by atoms with van der Waals surface area (Å²) in [6.45, 7) is -1.23. The minimum atomic E-state index is -3.18. The molecule has 1 unspecified atom stereocenters. The van der Waals surface area contributed by atoms with Crippen molar-refractivity contribution < 1.29 is 27.9 Å². The highest BCUT2D eigenvalue weighted by atomic mass is 19.3. The molecule has 0 bridgehead atoms. The molecule has 1 atom stereocenters. The van der Waals surface area contributed by atoms with Gasteiger partial charge in [0.2, 0.25) is 11.8 Å². The lowest BCUT2D eigenvalue weighted by Crippen LogP contribution is -2.67. The van der Waals surface area contributed by atoms with Crippen LogP contribution in [0.15, 0.2) is 48.8 Å². The number of hydrogen-bond acceptors (Lipinski definition) is 6. The molecule has 1 aliphatic heterocycles. The van der Waals surface area contributed by atoms with Crippen molar-refractivity contribution >= 4 is 17.7 Å². The van der Waals surface area contributed by atoms with Gasteiger partial charge in [-0.2, -0.15) is 5.26 Å². The van der Waals surface area contributed by atoms with Gasteiger partial charge in [0.1, 0.15) is 5.75 Å². The maximum absolute atomic E-state index is 13.0. The van der Waals surface area contributed by atoms with Gasteiger partial charge in [0.05, 0.1) is 26.3 Å². The summed E-state index contributed by atoms with van der Waals surface area (Å²) < 4.78 is 30.8. The molecule has 1 aromatic heterocycles. The number of hydrogen-bond donors (Lipinski definition) is 2. The first-order valence-electron chi connectivity index (χ1n) is 8.88. The van der Waals surface area contributed by atoms with Gasteiger partial charge in [-0.15, -0.1) is 0 Å². The van der Waals surface area contributed by atoms with Crippen LogP contribution in [-0.2, 0) is 4.79 Å². The SMILES string of the molecule is COc1ccc(C(N)=O)cc1.N#CC1N(C(=O)CNC(=O)c2ccncc2)CC1(F)F. The third kappa shape index (κ3) is 5.96. The first-order valence-corrected chi connectivity index (χ1v) is 8.88. The second kappa shape index (κ2) is 10.1. The summed E-state index contributed by atoms with van der Waals surface area (Å²) in [6, 6.07) is 9.17. The number of nitriles is 1. The highest BCUT2D eigenvalue weighted by molar-refractivity contribution is 5.96. The van der Waals surface area contributed by atoms with Gasteiger partial charge in [0.15, 0.2) is 6.04 Å². The van der Waals surface area contributed by atoms with Crippen molar-refractivity contribution in [3.8, 4) is 11.8 Å². The van der Waals surface area contributed by atoms with Gasteiger partial charge in [-0.05, 0) is 36.4 Å². The molecule has 0 spiro atoms. The number of rotatable bonds is 5. The van der Waals surface area contributed by atoms with E-state index >= 15 is 0 Å². The number of nitrogens with one attached hydrogen (secondary N) is 1. The molecule has 0 aliphatic carbocycles. The number of halogens is 2. The van der Waals surface area contributed by atoms with E-state index in [0.29, 0.717) is 11.1 Å². The number of nitrogens with two attached hydrogens (primary N) is 1. The molecule has 1 aromatic carbocycles. The zero-order valence-electron chi connectivity index (χ0n) is 16.4. The summed E-state index contributed by atoms with van der Waals surface area (Å²) >= 11 is 0. The molecule has 1 fully saturated rings. The normalized spacial score (nSPS) is 15.9. The van der Waals surface area contributed by atoms with Crippen molar-refractivity contribution in [3.63, 3.8) is 0 Å². The maximum Gasteiger partial charge on any atom is 0.298 e. The number of amides is 3. The van der Waals surface area contributed by atoms with Gasteiger partial charge < -0.3 is 20.7 Å². The number of likely N-dealkylation sites (tertiary alicyclic amines) is 1. The average Bonchev–Trinajstić information content (AvgIpc) is 2.77. The molecule has 3 N–H and O–H groups in total. The fourth-order valence-electron chi connectivity index (χ4n) is 2.53. The summed E-state index contributed by atoms with van der Waals surface area (Å²) in [5.41, 5.74) is 5.82. The third-order valence-corrected chi connectivity index (χ3v) is 4.25. The largest absolute Gasteiger partial charge is 0.497 e.